The number of furan rings is 1. The maximum Gasteiger partial charge on any atom is 0.417 e. The second-order valence-electron chi connectivity index (χ2n) is 8.41. The van der Waals surface area contributed by atoms with Crippen LogP contribution in [0.2, 0.25) is 10.0 Å². The molecule has 4 aromatic rings. The van der Waals surface area contributed by atoms with E-state index >= 15 is 0 Å². The van der Waals surface area contributed by atoms with Crippen molar-refractivity contribution >= 4 is 35.1 Å². The van der Waals surface area contributed by atoms with E-state index < -0.39 is 29.7 Å². The van der Waals surface area contributed by atoms with Crippen LogP contribution in [0.5, 0.6) is 0 Å². The summed E-state index contributed by atoms with van der Waals surface area (Å²) in [7, 11) is 0. The molecule has 0 saturated heterocycles. The highest BCUT2D eigenvalue weighted by molar-refractivity contribution is 6.36. The molecule has 0 bridgehead atoms. The molecule has 10 heteroatoms. The molecule has 1 N–H and O–H groups in total. The van der Waals surface area contributed by atoms with E-state index in [9.17, 15) is 27.9 Å². The predicted octanol–water partition coefficient (Wildman–Crippen LogP) is 7.61. The summed E-state index contributed by atoms with van der Waals surface area (Å²) in [6.45, 7) is -0.338. The van der Waals surface area contributed by atoms with Crippen molar-refractivity contribution in [2.24, 2.45) is 0 Å². The third-order valence-electron chi connectivity index (χ3n) is 5.84. The molecule has 3 aromatic carbocycles. The van der Waals surface area contributed by atoms with Gasteiger partial charge >= 0.3 is 12.1 Å². The van der Waals surface area contributed by atoms with Crippen LogP contribution in [-0.2, 0) is 23.9 Å². The third-order valence-corrected chi connectivity index (χ3v) is 6.39. The zero-order valence-corrected chi connectivity index (χ0v) is 21.1. The molecular formula is C28H20Cl2F3NO4. The summed E-state index contributed by atoms with van der Waals surface area (Å²) < 4.78 is 46.3. The molecule has 0 aliphatic rings. The number of carbonyl (C=O) groups is 2. The lowest BCUT2D eigenvalue weighted by Crippen LogP contribution is -2.46. The van der Waals surface area contributed by atoms with E-state index in [1.807, 2.05) is 0 Å². The minimum Gasteiger partial charge on any atom is -0.480 e. The van der Waals surface area contributed by atoms with Gasteiger partial charge in [-0.15, -0.1) is 0 Å². The third kappa shape index (κ3) is 6.20. The van der Waals surface area contributed by atoms with Gasteiger partial charge in [0.05, 0.1) is 22.7 Å². The van der Waals surface area contributed by atoms with Gasteiger partial charge in [-0.2, -0.15) is 13.2 Å². The van der Waals surface area contributed by atoms with E-state index in [1.165, 1.54) is 48.5 Å². The van der Waals surface area contributed by atoms with Crippen molar-refractivity contribution < 1.29 is 32.3 Å². The maximum absolute atomic E-state index is 13.6. The number of alkyl halides is 3. The fraction of sp³-hybridized carbons (Fsp3) is 0.143. The molecule has 0 aliphatic heterocycles. The van der Waals surface area contributed by atoms with E-state index in [2.05, 4.69) is 0 Å². The second kappa shape index (κ2) is 11.3. The van der Waals surface area contributed by atoms with Gasteiger partial charge in [0.15, 0.2) is 0 Å². The summed E-state index contributed by atoms with van der Waals surface area (Å²) in [6, 6.07) is 19.3. The summed E-state index contributed by atoms with van der Waals surface area (Å²) in [5.74, 6) is -1.96. The zero-order valence-electron chi connectivity index (χ0n) is 19.6. The Kier molecular flexibility index (Phi) is 8.14. The number of rotatable bonds is 8. The van der Waals surface area contributed by atoms with Crippen molar-refractivity contribution in [3.8, 4) is 11.3 Å². The first-order chi connectivity index (χ1) is 18.0. The number of carboxylic acid groups (broad SMARTS) is 1. The molecule has 1 aromatic heterocycles. The molecule has 0 spiro atoms. The highest BCUT2D eigenvalue weighted by Crippen LogP contribution is 2.37. The zero-order chi connectivity index (χ0) is 27.4. The smallest absolute Gasteiger partial charge is 0.417 e. The molecule has 0 aliphatic carbocycles. The Hall–Kier alpha value is -3.75. The van der Waals surface area contributed by atoms with Crippen LogP contribution < -0.4 is 0 Å². The Bertz CT molecular complexity index is 1450. The van der Waals surface area contributed by atoms with Crippen LogP contribution in [0, 0.1) is 0 Å². The van der Waals surface area contributed by atoms with Crippen LogP contribution in [0.4, 0.5) is 13.2 Å². The molecule has 1 heterocycles. The van der Waals surface area contributed by atoms with Gasteiger partial charge in [0, 0.05) is 17.0 Å². The summed E-state index contributed by atoms with van der Waals surface area (Å²) in [4.78, 5) is 27.1. The van der Waals surface area contributed by atoms with Crippen molar-refractivity contribution in [2.75, 3.05) is 0 Å². The summed E-state index contributed by atoms with van der Waals surface area (Å²) >= 11 is 12.2. The van der Waals surface area contributed by atoms with Gasteiger partial charge in [0.2, 0.25) is 0 Å². The molecule has 1 amide bonds. The van der Waals surface area contributed by atoms with Crippen molar-refractivity contribution in [3.63, 3.8) is 0 Å². The largest absolute Gasteiger partial charge is 0.480 e. The van der Waals surface area contributed by atoms with Crippen LogP contribution >= 0.6 is 23.2 Å². The number of hydrogen-bond donors (Lipinski definition) is 1. The minimum atomic E-state index is -4.61. The molecule has 0 unspecified atom stereocenters. The SMILES string of the molecule is O=C(O)[C@H](Cc1ccccc1)N(Cc1ccc(-c2ccccc2C(F)(F)F)o1)C(=O)c1ccc(Cl)cc1Cl. The lowest BCUT2D eigenvalue weighted by Gasteiger charge is -2.29. The number of aliphatic carboxylic acids is 1. The number of halogens is 5. The quantitative estimate of drug-likeness (QED) is 0.240. The predicted molar refractivity (Wildman–Crippen MR) is 137 cm³/mol. The fourth-order valence-electron chi connectivity index (χ4n) is 4.03. The highest BCUT2D eigenvalue weighted by atomic mass is 35.5. The second-order valence-corrected chi connectivity index (χ2v) is 9.25. The highest BCUT2D eigenvalue weighted by Gasteiger charge is 2.35. The lowest BCUT2D eigenvalue weighted by atomic mass is 10.0. The number of amides is 1. The molecule has 5 nitrogen and oxygen atoms in total. The number of carbonyl (C=O) groups excluding carboxylic acids is 1. The number of carboxylic acids is 1. The van der Waals surface area contributed by atoms with Gasteiger partial charge in [-0.05, 0) is 42.0 Å². The van der Waals surface area contributed by atoms with Gasteiger partial charge in [0.1, 0.15) is 17.6 Å². The monoisotopic (exact) mass is 561 g/mol. The van der Waals surface area contributed by atoms with E-state index in [-0.39, 0.29) is 45.7 Å². The average molecular weight is 562 g/mol. The first-order valence-electron chi connectivity index (χ1n) is 11.3. The summed E-state index contributed by atoms with van der Waals surface area (Å²) in [5, 5.41) is 10.4. The van der Waals surface area contributed by atoms with E-state index in [0.29, 0.717) is 5.56 Å². The summed E-state index contributed by atoms with van der Waals surface area (Å²) in [6.07, 6.45) is -4.64. The average Bonchev–Trinajstić information content (AvgIpc) is 3.34. The van der Waals surface area contributed by atoms with Gasteiger partial charge in [0.25, 0.3) is 5.91 Å². The van der Waals surface area contributed by atoms with Crippen LogP contribution in [0.25, 0.3) is 11.3 Å². The summed E-state index contributed by atoms with van der Waals surface area (Å²) in [5.41, 5.74) is -0.373. The van der Waals surface area contributed by atoms with Crippen LogP contribution in [0.15, 0.2) is 89.3 Å². The van der Waals surface area contributed by atoms with Crippen molar-refractivity contribution in [3.05, 3.63) is 117 Å². The van der Waals surface area contributed by atoms with Crippen molar-refractivity contribution in [2.45, 2.75) is 25.2 Å². The molecule has 0 saturated carbocycles. The Morgan fingerprint density at radius 2 is 1.61 bits per heavy atom. The van der Waals surface area contributed by atoms with Crippen molar-refractivity contribution in [1.29, 1.82) is 0 Å². The first-order valence-corrected chi connectivity index (χ1v) is 12.1. The van der Waals surface area contributed by atoms with E-state index in [4.69, 9.17) is 27.6 Å². The molecule has 196 valence electrons. The van der Waals surface area contributed by atoms with E-state index in [0.717, 1.165) is 11.0 Å². The maximum atomic E-state index is 13.6. The molecular weight excluding hydrogens is 542 g/mol. The van der Waals surface area contributed by atoms with Crippen molar-refractivity contribution in [1.82, 2.24) is 4.90 Å². The van der Waals surface area contributed by atoms with Gasteiger partial charge in [-0.25, -0.2) is 4.79 Å². The minimum absolute atomic E-state index is 0.0181. The standard InChI is InChI=1S/C28H20Cl2F3NO4/c29-18-10-12-21(23(30)15-18)26(35)34(24(27(36)37)14-17-6-2-1-3-7-17)16-19-11-13-25(38-19)20-8-4-5-9-22(20)28(31,32)33/h1-13,15,24H,14,16H2,(H,36,37)/t24-/m0/s1. The van der Waals surface area contributed by atoms with Gasteiger partial charge in [-0.3, -0.25) is 4.79 Å². The molecule has 1 atom stereocenters. The van der Waals surface area contributed by atoms with Gasteiger partial charge < -0.3 is 14.4 Å². The van der Waals surface area contributed by atoms with Crippen LogP contribution in [0.3, 0.4) is 0 Å². The van der Waals surface area contributed by atoms with Gasteiger partial charge in [-0.1, -0.05) is 71.7 Å². The lowest BCUT2D eigenvalue weighted by molar-refractivity contribution is -0.142. The molecule has 4 rings (SSSR count). The number of nitrogens with zero attached hydrogens (tertiary/aromatic N) is 1. The van der Waals surface area contributed by atoms with Crippen LogP contribution in [0.1, 0.15) is 27.2 Å². The Labute approximate surface area is 226 Å². The Morgan fingerprint density at radius 3 is 2.26 bits per heavy atom. The number of hydrogen-bond acceptors (Lipinski definition) is 3. The number of benzene rings is 3. The molecule has 38 heavy (non-hydrogen) atoms. The van der Waals surface area contributed by atoms with E-state index in [1.54, 1.807) is 30.3 Å². The fourth-order valence-corrected chi connectivity index (χ4v) is 4.52. The Balaban J connectivity index is 1.73. The molecule has 0 radical (unpaired) electrons. The normalized spacial score (nSPS) is 12.2. The Morgan fingerprint density at radius 1 is 0.921 bits per heavy atom. The van der Waals surface area contributed by atoms with Crippen LogP contribution in [-0.4, -0.2) is 27.9 Å². The molecule has 0 fully saturated rings. The first kappa shape index (κ1) is 27.3. The topological polar surface area (TPSA) is 70.8 Å².